The van der Waals surface area contributed by atoms with Crippen molar-refractivity contribution in [2.45, 2.75) is 39.2 Å². The van der Waals surface area contributed by atoms with E-state index in [4.69, 9.17) is 18.0 Å². The van der Waals surface area contributed by atoms with Crippen LogP contribution in [-0.2, 0) is 0 Å². The van der Waals surface area contributed by atoms with Crippen LogP contribution in [0.3, 0.4) is 0 Å². The number of carbonyl (C=O) groups is 1. The fourth-order valence-corrected chi connectivity index (χ4v) is 1.94. The van der Waals surface area contributed by atoms with Gasteiger partial charge in [-0.15, -0.1) is 6.42 Å². The molecule has 0 spiro atoms. The highest BCUT2D eigenvalue weighted by Gasteiger charge is 2.25. The number of halogens is 1. The van der Waals surface area contributed by atoms with Crippen molar-refractivity contribution in [3.05, 3.63) is 28.8 Å². The zero-order valence-corrected chi connectivity index (χ0v) is 12.3. The Morgan fingerprint density at radius 2 is 2.05 bits per heavy atom. The van der Waals surface area contributed by atoms with Crippen LogP contribution >= 0.6 is 11.6 Å². The van der Waals surface area contributed by atoms with E-state index in [1.54, 1.807) is 12.1 Å². The van der Waals surface area contributed by atoms with E-state index in [0.29, 0.717) is 23.6 Å². The third-order valence-corrected chi connectivity index (χ3v) is 3.52. The second-order valence-electron chi connectivity index (χ2n) is 4.47. The number of aryl methyl sites for hydroxylation is 1. The molecule has 1 aromatic rings. The summed E-state index contributed by atoms with van der Waals surface area (Å²) in [5, 5.41) is 6.20. The summed E-state index contributed by atoms with van der Waals surface area (Å²) in [5.74, 6) is 2.66. The molecule has 3 nitrogen and oxygen atoms in total. The molecule has 0 aliphatic heterocycles. The van der Waals surface area contributed by atoms with Crippen LogP contribution in [-0.4, -0.2) is 11.6 Å². The van der Waals surface area contributed by atoms with Crippen molar-refractivity contribution in [3.63, 3.8) is 0 Å². The molecule has 1 aromatic carbocycles. The van der Waals surface area contributed by atoms with E-state index < -0.39 is 5.54 Å². The number of benzene rings is 1. The molecular formula is C15H19ClN2O. The molecule has 1 rings (SSSR count). The molecule has 0 saturated heterocycles. The van der Waals surface area contributed by atoms with Crippen molar-refractivity contribution in [2.75, 3.05) is 5.32 Å². The maximum atomic E-state index is 12.0. The number of hydrogen-bond acceptors (Lipinski definition) is 1. The zero-order valence-electron chi connectivity index (χ0n) is 11.5. The Bertz CT molecular complexity index is 501. The molecule has 2 N–H and O–H groups in total. The Balaban J connectivity index is 2.81. The summed E-state index contributed by atoms with van der Waals surface area (Å²) in [5.41, 5.74) is 1.03. The minimum Gasteiger partial charge on any atom is -0.322 e. The van der Waals surface area contributed by atoms with Gasteiger partial charge in [0.05, 0.1) is 0 Å². The summed E-state index contributed by atoms with van der Waals surface area (Å²) in [7, 11) is 0. The fourth-order valence-electron chi connectivity index (χ4n) is 1.77. The first-order valence-electron chi connectivity index (χ1n) is 6.29. The molecule has 2 amide bonds. The van der Waals surface area contributed by atoms with Gasteiger partial charge in [0, 0.05) is 10.7 Å². The molecule has 4 heteroatoms. The smallest absolute Gasteiger partial charge is 0.320 e. The lowest BCUT2D eigenvalue weighted by molar-refractivity contribution is 0.242. The zero-order chi connectivity index (χ0) is 14.5. The molecule has 0 fully saturated rings. The summed E-state index contributed by atoms with van der Waals surface area (Å²) in [6, 6.07) is 5.04. The van der Waals surface area contributed by atoms with E-state index >= 15 is 0 Å². The second kappa shape index (κ2) is 6.49. The Labute approximate surface area is 119 Å². The van der Waals surface area contributed by atoms with Gasteiger partial charge in [-0.1, -0.05) is 37.4 Å². The number of hydrogen-bond donors (Lipinski definition) is 2. The highest BCUT2D eigenvalue weighted by atomic mass is 35.5. The number of anilines is 1. The molecule has 0 heterocycles. The van der Waals surface area contributed by atoms with Crippen LogP contribution in [0.4, 0.5) is 10.5 Å². The molecular weight excluding hydrogens is 260 g/mol. The van der Waals surface area contributed by atoms with Crippen molar-refractivity contribution in [1.29, 1.82) is 0 Å². The van der Waals surface area contributed by atoms with Gasteiger partial charge in [-0.2, -0.15) is 0 Å². The number of rotatable bonds is 4. The number of amides is 2. The number of terminal acetylenes is 1. The first kappa shape index (κ1) is 15.4. The van der Waals surface area contributed by atoms with Crippen LogP contribution < -0.4 is 10.6 Å². The predicted molar refractivity (Wildman–Crippen MR) is 80.5 cm³/mol. The molecule has 0 unspecified atom stereocenters. The van der Waals surface area contributed by atoms with Crippen molar-refractivity contribution in [3.8, 4) is 12.3 Å². The van der Waals surface area contributed by atoms with Gasteiger partial charge in [0.25, 0.3) is 0 Å². The predicted octanol–water partition coefficient (Wildman–Crippen LogP) is 3.96. The first-order chi connectivity index (χ1) is 8.96. The van der Waals surface area contributed by atoms with Crippen molar-refractivity contribution >= 4 is 23.3 Å². The molecule has 0 radical (unpaired) electrons. The van der Waals surface area contributed by atoms with Crippen LogP contribution in [0.25, 0.3) is 0 Å². The van der Waals surface area contributed by atoms with E-state index in [1.807, 2.05) is 26.8 Å². The number of nitrogens with one attached hydrogen (secondary N) is 2. The first-order valence-corrected chi connectivity index (χ1v) is 6.67. The lowest BCUT2D eigenvalue weighted by Crippen LogP contribution is -2.48. The van der Waals surface area contributed by atoms with Crippen molar-refractivity contribution in [1.82, 2.24) is 5.32 Å². The highest BCUT2D eigenvalue weighted by Crippen LogP contribution is 2.20. The van der Waals surface area contributed by atoms with Crippen LogP contribution in [0.1, 0.15) is 32.3 Å². The van der Waals surface area contributed by atoms with Gasteiger partial charge in [0.15, 0.2) is 0 Å². The summed E-state index contributed by atoms with van der Waals surface area (Å²) < 4.78 is 0. The standard InChI is InChI=1S/C15H19ClN2O/c1-5-15(6-2,7-3)18-14(19)17-13-10-12(16)9-8-11(13)4/h1,8-10H,6-7H2,2-4H3,(H2,17,18,19). The van der Waals surface area contributed by atoms with Gasteiger partial charge in [-0.3, -0.25) is 0 Å². The maximum absolute atomic E-state index is 12.0. The lowest BCUT2D eigenvalue weighted by Gasteiger charge is -2.27. The molecule has 102 valence electrons. The van der Waals surface area contributed by atoms with Crippen molar-refractivity contribution in [2.24, 2.45) is 0 Å². The van der Waals surface area contributed by atoms with Gasteiger partial charge in [-0.05, 0) is 37.5 Å². The fraction of sp³-hybridized carbons (Fsp3) is 0.400. The molecule has 0 aliphatic carbocycles. The van der Waals surface area contributed by atoms with Crippen molar-refractivity contribution < 1.29 is 4.79 Å². The second-order valence-corrected chi connectivity index (χ2v) is 4.91. The highest BCUT2D eigenvalue weighted by molar-refractivity contribution is 6.31. The quantitative estimate of drug-likeness (QED) is 0.804. The SMILES string of the molecule is C#CC(CC)(CC)NC(=O)Nc1cc(Cl)ccc1C. The molecule has 0 saturated carbocycles. The Kier molecular flexibility index (Phi) is 5.26. The normalized spacial score (nSPS) is 10.7. The topological polar surface area (TPSA) is 41.1 Å². The van der Waals surface area contributed by atoms with E-state index in [0.717, 1.165) is 5.56 Å². The average molecular weight is 279 g/mol. The van der Waals surface area contributed by atoms with Gasteiger partial charge < -0.3 is 10.6 Å². The Morgan fingerprint density at radius 1 is 1.42 bits per heavy atom. The Morgan fingerprint density at radius 3 is 2.58 bits per heavy atom. The molecule has 19 heavy (non-hydrogen) atoms. The van der Waals surface area contributed by atoms with Gasteiger partial charge in [0.1, 0.15) is 5.54 Å². The van der Waals surface area contributed by atoms with Gasteiger partial charge >= 0.3 is 6.03 Å². The third kappa shape index (κ3) is 3.90. The van der Waals surface area contributed by atoms with Crippen LogP contribution in [0.15, 0.2) is 18.2 Å². The summed E-state index contributed by atoms with van der Waals surface area (Å²) in [4.78, 5) is 12.0. The third-order valence-electron chi connectivity index (χ3n) is 3.28. The summed E-state index contributed by atoms with van der Waals surface area (Å²) in [6.45, 7) is 5.81. The lowest BCUT2D eigenvalue weighted by atomic mass is 9.94. The minimum atomic E-state index is -0.601. The van der Waals surface area contributed by atoms with Gasteiger partial charge in [0.2, 0.25) is 0 Å². The Hall–Kier alpha value is -1.66. The van der Waals surface area contributed by atoms with E-state index in [9.17, 15) is 4.79 Å². The summed E-state index contributed by atoms with van der Waals surface area (Å²) in [6.07, 6.45) is 6.88. The van der Waals surface area contributed by atoms with Gasteiger partial charge in [-0.25, -0.2) is 4.79 Å². The molecule has 0 atom stereocenters. The number of urea groups is 1. The molecule has 0 aromatic heterocycles. The van der Waals surface area contributed by atoms with Crippen LogP contribution in [0.5, 0.6) is 0 Å². The minimum absolute atomic E-state index is 0.313. The van der Waals surface area contributed by atoms with Crippen LogP contribution in [0, 0.1) is 19.3 Å². The van der Waals surface area contributed by atoms with Crippen LogP contribution in [0.2, 0.25) is 5.02 Å². The monoisotopic (exact) mass is 278 g/mol. The number of carbonyl (C=O) groups excluding carboxylic acids is 1. The molecule has 0 bridgehead atoms. The van der Waals surface area contributed by atoms with E-state index in [2.05, 4.69) is 16.6 Å². The molecule has 0 aliphatic rings. The largest absolute Gasteiger partial charge is 0.322 e. The van der Waals surface area contributed by atoms with E-state index in [-0.39, 0.29) is 6.03 Å². The maximum Gasteiger partial charge on any atom is 0.320 e. The average Bonchev–Trinajstić information content (AvgIpc) is 2.40. The summed E-state index contributed by atoms with van der Waals surface area (Å²) >= 11 is 5.91. The van der Waals surface area contributed by atoms with E-state index in [1.165, 1.54) is 0 Å².